The average Bonchev–Trinajstić information content (AvgIpc) is 2.52. The second-order valence-electron chi connectivity index (χ2n) is 2.59. The molecule has 0 amide bonds. The van der Waals surface area contributed by atoms with Crippen molar-refractivity contribution in [1.82, 2.24) is 0 Å². The fourth-order valence-electron chi connectivity index (χ4n) is 1.42. The summed E-state index contributed by atoms with van der Waals surface area (Å²) >= 11 is 3.51. The molecule has 3 rings (SSSR count). The number of rotatable bonds is 0. The molecule has 1 aliphatic carbocycles. The lowest BCUT2D eigenvalue weighted by molar-refractivity contribution is 1.28. The number of fused-ring (bicyclic) bond motifs is 3. The van der Waals surface area contributed by atoms with Crippen LogP contribution in [0.1, 0.15) is 15.7 Å². The highest BCUT2D eigenvalue weighted by atomic mass is 32.2. The molecular formula is C9H4S2. The second kappa shape index (κ2) is 2.02. The Labute approximate surface area is 73.6 Å². The van der Waals surface area contributed by atoms with Gasteiger partial charge in [0.15, 0.2) is 0 Å². The lowest BCUT2D eigenvalue weighted by Crippen LogP contribution is -1.81. The lowest BCUT2D eigenvalue weighted by atomic mass is 10.2. The van der Waals surface area contributed by atoms with E-state index in [0.717, 1.165) is 0 Å². The zero-order valence-electron chi connectivity index (χ0n) is 5.63. The molecule has 0 bridgehead atoms. The van der Waals surface area contributed by atoms with E-state index in [1.165, 1.54) is 16.0 Å². The van der Waals surface area contributed by atoms with Gasteiger partial charge in [-0.05, 0) is 29.4 Å². The zero-order chi connectivity index (χ0) is 7.26. The Morgan fingerprint density at radius 2 is 2.45 bits per heavy atom. The third-order valence-corrected chi connectivity index (χ3v) is 4.02. The SMILES string of the molecule is [C]1=CC2=Cc3c[c]sc3C2S1. The van der Waals surface area contributed by atoms with Crippen LogP contribution in [0.3, 0.4) is 0 Å². The topological polar surface area (TPSA) is 0 Å². The van der Waals surface area contributed by atoms with E-state index in [1.807, 2.05) is 0 Å². The molecule has 1 unspecified atom stereocenters. The molecule has 1 aliphatic heterocycles. The van der Waals surface area contributed by atoms with Gasteiger partial charge in [-0.15, -0.1) is 23.1 Å². The third kappa shape index (κ3) is 0.713. The Kier molecular flexibility index (Phi) is 1.12. The number of allylic oxidation sites excluding steroid dienone is 1. The van der Waals surface area contributed by atoms with Gasteiger partial charge in [0.05, 0.1) is 5.25 Å². The Hall–Kier alpha value is -0.470. The van der Waals surface area contributed by atoms with E-state index < -0.39 is 0 Å². The molecule has 0 fully saturated rings. The summed E-state index contributed by atoms with van der Waals surface area (Å²) in [6.07, 6.45) is 4.32. The van der Waals surface area contributed by atoms with Crippen LogP contribution in [-0.4, -0.2) is 0 Å². The lowest BCUT2D eigenvalue weighted by Gasteiger charge is -2.01. The first kappa shape index (κ1) is 6.09. The maximum atomic E-state index is 3.17. The Bertz CT molecular complexity index is 357. The quantitative estimate of drug-likeness (QED) is 0.585. The molecule has 0 saturated carbocycles. The normalized spacial score (nSPS) is 25.1. The summed E-state index contributed by atoms with van der Waals surface area (Å²) in [7, 11) is 0. The number of thioether (sulfide) groups is 1. The number of hydrogen-bond donors (Lipinski definition) is 0. The Morgan fingerprint density at radius 3 is 3.45 bits per heavy atom. The van der Waals surface area contributed by atoms with Crippen molar-refractivity contribution >= 4 is 29.2 Å². The van der Waals surface area contributed by atoms with Gasteiger partial charge in [0, 0.05) is 15.7 Å². The minimum Gasteiger partial charge on any atom is -0.137 e. The van der Waals surface area contributed by atoms with Gasteiger partial charge in [-0.1, -0.05) is 0 Å². The summed E-state index contributed by atoms with van der Waals surface area (Å²) < 4.78 is 0. The molecule has 1 aromatic rings. The largest absolute Gasteiger partial charge is 0.137 e. The molecule has 52 valence electrons. The minimum absolute atomic E-state index is 0.557. The molecule has 0 spiro atoms. The van der Waals surface area contributed by atoms with Gasteiger partial charge in [0.2, 0.25) is 0 Å². The molecule has 11 heavy (non-hydrogen) atoms. The monoisotopic (exact) mass is 176 g/mol. The van der Waals surface area contributed by atoms with Crippen molar-refractivity contribution in [2.75, 3.05) is 0 Å². The molecule has 0 aromatic carbocycles. The van der Waals surface area contributed by atoms with Crippen LogP contribution in [0.15, 0.2) is 17.7 Å². The molecule has 0 N–H and O–H groups in total. The van der Waals surface area contributed by atoms with E-state index >= 15 is 0 Å². The van der Waals surface area contributed by atoms with Gasteiger partial charge >= 0.3 is 0 Å². The molecule has 2 heteroatoms. The van der Waals surface area contributed by atoms with Crippen LogP contribution in [-0.2, 0) is 0 Å². The summed E-state index contributed by atoms with van der Waals surface area (Å²) in [5.74, 6) is 0. The summed E-state index contributed by atoms with van der Waals surface area (Å²) in [4.78, 5) is 1.45. The Morgan fingerprint density at radius 1 is 1.45 bits per heavy atom. The smallest absolute Gasteiger partial charge is 0.0694 e. The molecule has 1 atom stereocenters. The number of hydrogen-bond acceptors (Lipinski definition) is 2. The summed E-state index contributed by atoms with van der Waals surface area (Å²) in [5, 5.41) is 6.88. The van der Waals surface area contributed by atoms with E-state index in [0.29, 0.717) is 5.25 Å². The van der Waals surface area contributed by atoms with Gasteiger partial charge in [0.25, 0.3) is 0 Å². The van der Waals surface area contributed by atoms with Gasteiger partial charge in [-0.2, -0.15) is 0 Å². The summed E-state index contributed by atoms with van der Waals surface area (Å²) in [5.41, 5.74) is 2.77. The Balaban J connectivity index is 2.24. The van der Waals surface area contributed by atoms with Crippen molar-refractivity contribution < 1.29 is 0 Å². The fraction of sp³-hybridized carbons (Fsp3) is 0.111. The first-order valence-corrected chi connectivity index (χ1v) is 5.10. The highest BCUT2D eigenvalue weighted by Crippen LogP contribution is 2.50. The van der Waals surface area contributed by atoms with Crippen LogP contribution in [0.4, 0.5) is 0 Å². The molecular weight excluding hydrogens is 172 g/mol. The predicted octanol–water partition coefficient (Wildman–Crippen LogP) is 3.05. The molecule has 1 aromatic heterocycles. The van der Waals surface area contributed by atoms with Crippen molar-refractivity contribution in [3.05, 3.63) is 38.9 Å². The summed E-state index contributed by atoms with van der Waals surface area (Å²) in [6, 6.07) is 2.07. The maximum absolute atomic E-state index is 3.17. The van der Waals surface area contributed by atoms with E-state index in [1.54, 1.807) is 23.1 Å². The minimum atomic E-state index is 0.557. The third-order valence-electron chi connectivity index (χ3n) is 1.94. The molecule has 0 nitrogen and oxygen atoms in total. The van der Waals surface area contributed by atoms with Crippen LogP contribution in [0.25, 0.3) is 6.08 Å². The van der Waals surface area contributed by atoms with Gasteiger partial charge < -0.3 is 0 Å². The maximum Gasteiger partial charge on any atom is 0.0694 e. The van der Waals surface area contributed by atoms with E-state index in [2.05, 4.69) is 29.0 Å². The average molecular weight is 176 g/mol. The van der Waals surface area contributed by atoms with Crippen molar-refractivity contribution in [3.63, 3.8) is 0 Å². The molecule has 2 heterocycles. The molecule has 0 saturated heterocycles. The fourth-order valence-corrected chi connectivity index (χ4v) is 3.36. The van der Waals surface area contributed by atoms with Gasteiger partial charge in [0.1, 0.15) is 0 Å². The van der Waals surface area contributed by atoms with Gasteiger partial charge in [-0.3, -0.25) is 0 Å². The van der Waals surface area contributed by atoms with E-state index in [4.69, 9.17) is 0 Å². The molecule has 2 radical (unpaired) electrons. The van der Waals surface area contributed by atoms with Crippen LogP contribution < -0.4 is 0 Å². The van der Waals surface area contributed by atoms with Crippen molar-refractivity contribution in [2.24, 2.45) is 0 Å². The number of thiophene rings is 1. The van der Waals surface area contributed by atoms with Crippen LogP contribution >= 0.6 is 23.1 Å². The first-order chi connectivity index (χ1) is 5.45. The highest BCUT2D eigenvalue weighted by Gasteiger charge is 2.27. The predicted molar refractivity (Wildman–Crippen MR) is 49.3 cm³/mol. The van der Waals surface area contributed by atoms with Crippen LogP contribution in [0, 0.1) is 10.8 Å². The van der Waals surface area contributed by atoms with Crippen molar-refractivity contribution in [3.8, 4) is 0 Å². The summed E-state index contributed by atoms with van der Waals surface area (Å²) in [6.45, 7) is 0. The highest BCUT2D eigenvalue weighted by molar-refractivity contribution is 8.01. The van der Waals surface area contributed by atoms with Crippen molar-refractivity contribution in [1.29, 1.82) is 0 Å². The molecule has 2 aliphatic rings. The van der Waals surface area contributed by atoms with Crippen LogP contribution in [0.2, 0.25) is 0 Å². The standard InChI is InChI=1S/C9H4S2/c1-3-10-8-6(1)5-7-2-4-11-9(7)8/h1-2,5,8H. The first-order valence-electron chi connectivity index (χ1n) is 3.41. The van der Waals surface area contributed by atoms with Crippen LogP contribution in [0.5, 0.6) is 0 Å². The zero-order valence-corrected chi connectivity index (χ0v) is 7.26. The second-order valence-corrected chi connectivity index (χ2v) is 4.41. The van der Waals surface area contributed by atoms with Gasteiger partial charge in [-0.25, -0.2) is 0 Å². The van der Waals surface area contributed by atoms with E-state index in [9.17, 15) is 0 Å². The van der Waals surface area contributed by atoms with Crippen molar-refractivity contribution in [2.45, 2.75) is 5.25 Å². The van der Waals surface area contributed by atoms with E-state index in [-0.39, 0.29) is 0 Å².